The predicted octanol–water partition coefficient (Wildman–Crippen LogP) is 0.842. The third-order valence-corrected chi connectivity index (χ3v) is 4.73. The van der Waals surface area contributed by atoms with Gasteiger partial charge in [0, 0.05) is 24.4 Å². The van der Waals surface area contributed by atoms with Gasteiger partial charge in [0.2, 0.25) is 5.91 Å². The number of carbonyl (C=O) groups excluding carboxylic acids is 3. The SMILES string of the molecule is COC(=O)[C@H]1CN(C(=O)CNC(=O)c2cccc(C)c2)CCS1. The molecule has 124 valence electrons. The van der Waals surface area contributed by atoms with E-state index in [1.807, 2.05) is 13.0 Å². The van der Waals surface area contributed by atoms with Gasteiger partial charge in [-0.25, -0.2) is 0 Å². The fourth-order valence-corrected chi connectivity index (χ4v) is 3.43. The average molecular weight is 336 g/mol. The number of esters is 1. The summed E-state index contributed by atoms with van der Waals surface area (Å²) in [5.41, 5.74) is 1.51. The zero-order chi connectivity index (χ0) is 16.8. The number of thioether (sulfide) groups is 1. The first-order valence-corrected chi connectivity index (χ1v) is 8.38. The van der Waals surface area contributed by atoms with Crippen LogP contribution in [0.1, 0.15) is 15.9 Å². The van der Waals surface area contributed by atoms with Gasteiger partial charge < -0.3 is 15.0 Å². The number of hydrogen-bond acceptors (Lipinski definition) is 5. The Morgan fingerprint density at radius 2 is 2.17 bits per heavy atom. The highest BCUT2D eigenvalue weighted by atomic mass is 32.2. The van der Waals surface area contributed by atoms with Gasteiger partial charge in [0.25, 0.3) is 5.91 Å². The Morgan fingerprint density at radius 3 is 2.87 bits per heavy atom. The van der Waals surface area contributed by atoms with Crippen LogP contribution in [0.4, 0.5) is 0 Å². The van der Waals surface area contributed by atoms with Gasteiger partial charge in [-0.15, -0.1) is 11.8 Å². The molecule has 1 heterocycles. The van der Waals surface area contributed by atoms with E-state index in [1.54, 1.807) is 23.1 Å². The number of carbonyl (C=O) groups is 3. The molecule has 1 aromatic carbocycles. The van der Waals surface area contributed by atoms with Crippen molar-refractivity contribution < 1.29 is 19.1 Å². The largest absolute Gasteiger partial charge is 0.468 e. The average Bonchev–Trinajstić information content (AvgIpc) is 2.58. The summed E-state index contributed by atoms with van der Waals surface area (Å²) in [6, 6.07) is 7.18. The molecule has 2 rings (SSSR count). The van der Waals surface area contributed by atoms with E-state index in [0.29, 0.717) is 24.4 Å². The molecule has 1 saturated heterocycles. The van der Waals surface area contributed by atoms with E-state index in [4.69, 9.17) is 4.74 Å². The van der Waals surface area contributed by atoms with Crippen molar-refractivity contribution in [3.05, 3.63) is 35.4 Å². The van der Waals surface area contributed by atoms with Crippen LogP contribution in [-0.4, -0.2) is 60.4 Å². The molecule has 0 aromatic heterocycles. The molecule has 1 aliphatic rings. The van der Waals surface area contributed by atoms with Crippen molar-refractivity contribution in [2.45, 2.75) is 12.2 Å². The minimum Gasteiger partial charge on any atom is -0.468 e. The second-order valence-corrected chi connectivity index (χ2v) is 6.59. The van der Waals surface area contributed by atoms with Crippen molar-refractivity contribution in [3.8, 4) is 0 Å². The lowest BCUT2D eigenvalue weighted by Gasteiger charge is -2.31. The zero-order valence-electron chi connectivity index (χ0n) is 13.2. The molecular formula is C16H20N2O4S. The van der Waals surface area contributed by atoms with Gasteiger partial charge in [0.05, 0.1) is 13.7 Å². The smallest absolute Gasteiger partial charge is 0.320 e. The van der Waals surface area contributed by atoms with Crippen molar-refractivity contribution >= 4 is 29.5 Å². The molecule has 1 aliphatic heterocycles. The molecule has 0 bridgehead atoms. The molecule has 1 atom stereocenters. The summed E-state index contributed by atoms with van der Waals surface area (Å²) in [6.07, 6.45) is 0. The number of ether oxygens (including phenoxy) is 1. The minimum atomic E-state index is -0.356. The quantitative estimate of drug-likeness (QED) is 0.825. The summed E-state index contributed by atoms with van der Waals surface area (Å²) in [4.78, 5) is 37.4. The summed E-state index contributed by atoms with van der Waals surface area (Å²) >= 11 is 1.48. The van der Waals surface area contributed by atoms with Crippen molar-refractivity contribution in [2.24, 2.45) is 0 Å². The van der Waals surface area contributed by atoms with Crippen LogP contribution < -0.4 is 5.32 Å². The molecule has 23 heavy (non-hydrogen) atoms. The van der Waals surface area contributed by atoms with Crippen LogP contribution >= 0.6 is 11.8 Å². The van der Waals surface area contributed by atoms with Crippen molar-refractivity contribution in [2.75, 3.05) is 32.5 Å². The fraction of sp³-hybridized carbons (Fsp3) is 0.438. The van der Waals surface area contributed by atoms with Gasteiger partial charge in [-0.2, -0.15) is 0 Å². The molecule has 0 unspecified atom stereocenters. The van der Waals surface area contributed by atoms with Gasteiger partial charge in [0.15, 0.2) is 0 Å². The summed E-state index contributed by atoms with van der Waals surface area (Å²) in [7, 11) is 1.34. The van der Waals surface area contributed by atoms with E-state index >= 15 is 0 Å². The van der Waals surface area contributed by atoms with Crippen molar-refractivity contribution in [3.63, 3.8) is 0 Å². The summed E-state index contributed by atoms with van der Waals surface area (Å²) in [5.74, 6) is -0.119. The fourth-order valence-electron chi connectivity index (χ4n) is 2.31. The number of aryl methyl sites for hydroxylation is 1. The van der Waals surface area contributed by atoms with Gasteiger partial charge in [-0.05, 0) is 19.1 Å². The van der Waals surface area contributed by atoms with Crippen LogP contribution in [0, 0.1) is 6.92 Å². The first kappa shape index (κ1) is 17.3. The van der Waals surface area contributed by atoms with Gasteiger partial charge in [-0.3, -0.25) is 14.4 Å². The third kappa shape index (κ3) is 4.72. The van der Waals surface area contributed by atoms with Crippen LogP contribution in [0.25, 0.3) is 0 Å². The molecule has 7 heteroatoms. The Hall–Kier alpha value is -2.02. The molecule has 0 spiro atoms. The molecular weight excluding hydrogens is 316 g/mol. The lowest BCUT2D eigenvalue weighted by atomic mass is 10.1. The number of methoxy groups -OCH3 is 1. The maximum Gasteiger partial charge on any atom is 0.320 e. The monoisotopic (exact) mass is 336 g/mol. The van der Waals surface area contributed by atoms with Crippen molar-refractivity contribution in [1.82, 2.24) is 10.2 Å². The Balaban J connectivity index is 1.87. The number of nitrogens with one attached hydrogen (secondary N) is 1. The van der Waals surface area contributed by atoms with E-state index in [-0.39, 0.29) is 29.6 Å². The van der Waals surface area contributed by atoms with Gasteiger partial charge in [-0.1, -0.05) is 17.7 Å². The highest BCUT2D eigenvalue weighted by Gasteiger charge is 2.29. The first-order chi connectivity index (χ1) is 11.0. The van der Waals surface area contributed by atoms with E-state index < -0.39 is 0 Å². The maximum atomic E-state index is 12.2. The van der Waals surface area contributed by atoms with Crippen LogP contribution in [0.5, 0.6) is 0 Å². The number of nitrogens with zero attached hydrogens (tertiary/aromatic N) is 1. The van der Waals surface area contributed by atoms with E-state index in [0.717, 1.165) is 5.56 Å². The molecule has 1 N–H and O–H groups in total. The Bertz CT molecular complexity index is 605. The second kappa shape index (κ2) is 8.01. The molecule has 1 aromatic rings. The topological polar surface area (TPSA) is 75.7 Å². The number of amides is 2. The summed E-state index contributed by atoms with van der Waals surface area (Å²) < 4.78 is 4.72. The van der Waals surface area contributed by atoms with Crippen LogP contribution in [0.3, 0.4) is 0 Å². The maximum absolute atomic E-state index is 12.2. The Morgan fingerprint density at radius 1 is 1.39 bits per heavy atom. The summed E-state index contributed by atoms with van der Waals surface area (Å²) in [5, 5.41) is 2.27. The highest BCUT2D eigenvalue weighted by molar-refractivity contribution is 8.00. The number of rotatable bonds is 4. The standard InChI is InChI=1S/C16H20N2O4S/c1-11-4-3-5-12(8-11)15(20)17-9-14(19)18-6-7-23-13(10-18)16(21)22-2/h3-5,8,13H,6-7,9-10H2,1-2H3,(H,17,20)/t13-/m1/s1. The lowest BCUT2D eigenvalue weighted by molar-refractivity contribution is -0.141. The normalized spacial score (nSPS) is 17.5. The van der Waals surface area contributed by atoms with Crippen LogP contribution in [0.15, 0.2) is 24.3 Å². The van der Waals surface area contributed by atoms with Crippen LogP contribution in [0.2, 0.25) is 0 Å². The Kier molecular flexibility index (Phi) is 6.04. The van der Waals surface area contributed by atoms with E-state index in [1.165, 1.54) is 18.9 Å². The zero-order valence-corrected chi connectivity index (χ0v) is 14.0. The summed E-state index contributed by atoms with van der Waals surface area (Å²) in [6.45, 7) is 2.71. The molecule has 6 nitrogen and oxygen atoms in total. The predicted molar refractivity (Wildman–Crippen MR) is 88.4 cm³/mol. The number of benzene rings is 1. The molecule has 0 aliphatic carbocycles. The van der Waals surface area contributed by atoms with Gasteiger partial charge in [0.1, 0.15) is 5.25 Å². The highest BCUT2D eigenvalue weighted by Crippen LogP contribution is 2.19. The molecule has 0 radical (unpaired) electrons. The van der Waals surface area contributed by atoms with Crippen LogP contribution in [-0.2, 0) is 14.3 Å². The molecule has 2 amide bonds. The first-order valence-electron chi connectivity index (χ1n) is 7.33. The minimum absolute atomic E-state index is 0.0780. The third-order valence-electron chi connectivity index (χ3n) is 3.56. The molecule has 1 fully saturated rings. The number of hydrogen-bond donors (Lipinski definition) is 1. The van der Waals surface area contributed by atoms with Gasteiger partial charge >= 0.3 is 5.97 Å². The molecule has 0 saturated carbocycles. The second-order valence-electron chi connectivity index (χ2n) is 5.27. The Labute approximate surface area is 139 Å². The van der Waals surface area contributed by atoms with E-state index in [2.05, 4.69) is 5.32 Å². The van der Waals surface area contributed by atoms with Crippen molar-refractivity contribution in [1.29, 1.82) is 0 Å². The van der Waals surface area contributed by atoms with E-state index in [9.17, 15) is 14.4 Å². The lowest BCUT2D eigenvalue weighted by Crippen LogP contribution is -2.48.